The van der Waals surface area contributed by atoms with E-state index < -0.39 is 16.0 Å². The summed E-state index contributed by atoms with van der Waals surface area (Å²) in [5, 5.41) is 5.07. The van der Waals surface area contributed by atoms with E-state index in [9.17, 15) is 13.2 Å². The van der Waals surface area contributed by atoms with Crippen LogP contribution in [0.25, 0.3) is 10.2 Å². The lowest BCUT2D eigenvalue weighted by atomic mass is 10.3. The third kappa shape index (κ3) is 4.29. The fourth-order valence-electron chi connectivity index (χ4n) is 1.96. The third-order valence-electron chi connectivity index (χ3n) is 3.07. The first-order valence-electron chi connectivity index (χ1n) is 7.07. The summed E-state index contributed by atoms with van der Waals surface area (Å²) in [6.07, 6.45) is 2.99. The van der Waals surface area contributed by atoms with Crippen LogP contribution in [-0.2, 0) is 14.8 Å². The Morgan fingerprint density at radius 3 is 2.80 bits per heavy atom. The number of hydrogen-bond acceptors (Lipinski definition) is 8. The third-order valence-corrected chi connectivity index (χ3v) is 5.40. The zero-order valence-electron chi connectivity index (χ0n) is 12.8. The number of nitrogens with zero attached hydrogens (tertiary/aromatic N) is 2. The van der Waals surface area contributed by atoms with Gasteiger partial charge < -0.3 is 9.47 Å². The molecule has 25 heavy (non-hydrogen) atoms. The number of thiazole rings is 1. The number of carbonyl (C=O) groups excluding carboxylic acids is 1. The molecule has 0 amide bonds. The second-order valence-corrected chi connectivity index (χ2v) is 7.65. The minimum atomic E-state index is -3.83. The van der Waals surface area contributed by atoms with Crippen molar-refractivity contribution in [3.63, 3.8) is 0 Å². The molecule has 3 aromatic rings. The molecule has 0 saturated carbocycles. The molecule has 0 unspecified atom stereocenters. The molecule has 3 rings (SSSR count). The molecule has 0 fully saturated rings. The molecule has 2 heterocycles. The van der Waals surface area contributed by atoms with Crippen molar-refractivity contribution in [1.29, 1.82) is 0 Å². The van der Waals surface area contributed by atoms with Gasteiger partial charge in [-0.1, -0.05) is 0 Å². The van der Waals surface area contributed by atoms with Crippen molar-refractivity contribution in [2.75, 3.05) is 13.2 Å². The molecule has 0 saturated heterocycles. The number of pyridine rings is 1. The molecule has 0 bridgehead atoms. The molecule has 2 N–H and O–H groups in total. The Morgan fingerprint density at radius 1 is 1.24 bits per heavy atom. The summed E-state index contributed by atoms with van der Waals surface area (Å²) in [7, 11) is -3.83. The highest BCUT2D eigenvalue weighted by molar-refractivity contribution is 7.91. The van der Waals surface area contributed by atoms with E-state index in [1.807, 2.05) is 0 Å². The van der Waals surface area contributed by atoms with E-state index in [-0.39, 0.29) is 17.6 Å². The molecule has 1 aromatic carbocycles. The predicted octanol–water partition coefficient (Wildman–Crippen LogP) is 1.57. The van der Waals surface area contributed by atoms with Crippen molar-refractivity contribution in [2.45, 2.75) is 4.34 Å². The second kappa shape index (κ2) is 7.13. The number of sulfonamides is 1. The van der Waals surface area contributed by atoms with Crippen molar-refractivity contribution in [1.82, 2.24) is 9.97 Å². The van der Waals surface area contributed by atoms with E-state index in [0.29, 0.717) is 21.5 Å². The summed E-state index contributed by atoms with van der Waals surface area (Å²) in [6.45, 7) is 0.218. The smallest absolute Gasteiger partial charge is 0.339 e. The quantitative estimate of drug-likeness (QED) is 0.509. The maximum atomic E-state index is 11.7. The van der Waals surface area contributed by atoms with Crippen molar-refractivity contribution in [3.05, 3.63) is 48.3 Å². The van der Waals surface area contributed by atoms with Crippen LogP contribution in [0.3, 0.4) is 0 Å². The van der Waals surface area contributed by atoms with Gasteiger partial charge in [0.2, 0.25) is 4.34 Å². The van der Waals surface area contributed by atoms with E-state index in [1.54, 1.807) is 36.5 Å². The van der Waals surface area contributed by atoms with Gasteiger partial charge in [0.25, 0.3) is 10.0 Å². The minimum Gasteiger partial charge on any atom is -0.490 e. The molecule has 130 valence electrons. The van der Waals surface area contributed by atoms with Gasteiger partial charge in [-0.25, -0.2) is 23.3 Å². The fraction of sp³-hybridized carbons (Fsp3) is 0.133. The van der Waals surface area contributed by atoms with Crippen molar-refractivity contribution in [2.24, 2.45) is 5.14 Å². The average Bonchev–Trinajstić information content (AvgIpc) is 3.03. The second-order valence-electron chi connectivity index (χ2n) is 4.88. The first-order valence-corrected chi connectivity index (χ1v) is 9.43. The van der Waals surface area contributed by atoms with Crippen LogP contribution in [0.4, 0.5) is 0 Å². The Kier molecular flexibility index (Phi) is 4.93. The highest BCUT2D eigenvalue weighted by Gasteiger charge is 2.14. The summed E-state index contributed by atoms with van der Waals surface area (Å²) >= 11 is 0.963. The highest BCUT2D eigenvalue weighted by Crippen LogP contribution is 2.28. The van der Waals surface area contributed by atoms with E-state index in [4.69, 9.17) is 14.6 Å². The van der Waals surface area contributed by atoms with Crippen LogP contribution in [0.1, 0.15) is 10.4 Å². The monoisotopic (exact) mass is 379 g/mol. The summed E-state index contributed by atoms with van der Waals surface area (Å²) in [4.78, 5) is 19.5. The first-order chi connectivity index (χ1) is 11.9. The predicted molar refractivity (Wildman–Crippen MR) is 91.0 cm³/mol. The topological polar surface area (TPSA) is 121 Å². The van der Waals surface area contributed by atoms with Gasteiger partial charge in [0.15, 0.2) is 0 Å². The van der Waals surface area contributed by atoms with Crippen LogP contribution < -0.4 is 9.88 Å². The van der Waals surface area contributed by atoms with E-state index in [2.05, 4.69) is 9.97 Å². The maximum absolute atomic E-state index is 11.7. The lowest BCUT2D eigenvalue weighted by Gasteiger charge is -2.07. The Hall–Kier alpha value is -2.56. The molecule has 2 aromatic heterocycles. The molecular formula is C15H13N3O5S2. The number of fused-ring (bicyclic) bond motifs is 1. The highest BCUT2D eigenvalue weighted by atomic mass is 32.2. The van der Waals surface area contributed by atoms with E-state index in [1.165, 1.54) is 6.20 Å². The zero-order chi connectivity index (χ0) is 17.9. The number of carbonyl (C=O) groups is 1. The van der Waals surface area contributed by atoms with Gasteiger partial charge in [-0.05, 0) is 30.3 Å². The number of rotatable bonds is 6. The normalized spacial score (nSPS) is 11.4. The number of aromatic nitrogens is 2. The lowest BCUT2D eigenvalue weighted by molar-refractivity contribution is 0.0450. The van der Waals surface area contributed by atoms with Crippen LogP contribution >= 0.6 is 11.3 Å². The maximum Gasteiger partial charge on any atom is 0.339 e. The number of hydrogen-bond donors (Lipinski definition) is 1. The van der Waals surface area contributed by atoms with Crippen molar-refractivity contribution in [3.8, 4) is 5.75 Å². The number of esters is 1. The number of benzene rings is 1. The van der Waals surface area contributed by atoms with Crippen LogP contribution in [0.5, 0.6) is 5.75 Å². The Morgan fingerprint density at radius 2 is 2.08 bits per heavy atom. The van der Waals surface area contributed by atoms with Gasteiger partial charge in [-0.15, -0.1) is 11.3 Å². The molecule has 0 aliphatic carbocycles. The van der Waals surface area contributed by atoms with Crippen LogP contribution in [0.2, 0.25) is 0 Å². The largest absolute Gasteiger partial charge is 0.490 e. The van der Waals surface area contributed by atoms with Gasteiger partial charge >= 0.3 is 5.97 Å². The molecule has 10 heteroatoms. The van der Waals surface area contributed by atoms with Crippen LogP contribution in [0, 0.1) is 0 Å². The Bertz CT molecular complexity index is 1000. The van der Waals surface area contributed by atoms with E-state index in [0.717, 1.165) is 11.3 Å². The van der Waals surface area contributed by atoms with Gasteiger partial charge in [0.1, 0.15) is 19.0 Å². The molecule has 0 radical (unpaired) electrons. The van der Waals surface area contributed by atoms with E-state index >= 15 is 0 Å². The summed E-state index contributed by atoms with van der Waals surface area (Å²) in [6, 6.07) is 8.20. The standard InChI is InChI=1S/C15H13N3O5S2/c16-25(20,21)15-18-12-4-3-11(8-13(12)24-15)22-6-7-23-14(19)10-2-1-5-17-9-10/h1-5,8-9H,6-7H2,(H2,16,20,21). The number of nitrogens with two attached hydrogens (primary N) is 1. The zero-order valence-corrected chi connectivity index (χ0v) is 14.4. The fourth-order valence-corrected chi connectivity index (χ4v) is 3.64. The van der Waals surface area contributed by atoms with Gasteiger partial charge in [0.05, 0.1) is 15.8 Å². The molecule has 8 nitrogen and oxygen atoms in total. The minimum absolute atomic E-state index is 0.0664. The number of ether oxygens (including phenoxy) is 2. The van der Waals surface area contributed by atoms with Crippen LogP contribution in [-0.4, -0.2) is 37.6 Å². The summed E-state index contributed by atoms with van der Waals surface area (Å²) in [5.41, 5.74) is 0.883. The Labute approximate surface area is 147 Å². The van der Waals surface area contributed by atoms with Crippen LogP contribution in [0.15, 0.2) is 47.1 Å². The van der Waals surface area contributed by atoms with Gasteiger partial charge in [0, 0.05) is 12.4 Å². The van der Waals surface area contributed by atoms with Gasteiger partial charge in [-0.3, -0.25) is 4.98 Å². The lowest BCUT2D eigenvalue weighted by Crippen LogP contribution is -2.12. The average molecular weight is 379 g/mol. The first kappa shape index (κ1) is 17.3. The van der Waals surface area contributed by atoms with Crippen molar-refractivity contribution < 1.29 is 22.7 Å². The SMILES string of the molecule is NS(=O)(=O)c1nc2ccc(OCCOC(=O)c3cccnc3)cc2s1. The molecule has 0 aliphatic rings. The number of primary sulfonamides is 1. The summed E-state index contributed by atoms with van der Waals surface area (Å²) in [5.74, 6) is 0.0296. The molecule has 0 aliphatic heterocycles. The molecule has 0 atom stereocenters. The van der Waals surface area contributed by atoms with Crippen molar-refractivity contribution >= 4 is 37.5 Å². The van der Waals surface area contributed by atoms with Gasteiger partial charge in [-0.2, -0.15) is 0 Å². The summed E-state index contributed by atoms with van der Waals surface area (Å²) < 4.78 is 33.7. The molecule has 0 spiro atoms. The molecular weight excluding hydrogens is 366 g/mol. The Balaban J connectivity index is 1.57.